The maximum Gasteiger partial charge on any atom is 0.327 e. The van der Waals surface area contributed by atoms with Crippen molar-refractivity contribution in [2.75, 3.05) is 13.3 Å². The Morgan fingerprint density at radius 2 is 2.44 bits per heavy atom. The van der Waals surface area contributed by atoms with Gasteiger partial charge in [0.15, 0.2) is 18.4 Å². The normalized spacial score (nSPS) is 40.7. The van der Waals surface area contributed by atoms with Gasteiger partial charge < -0.3 is 20.7 Å². The van der Waals surface area contributed by atoms with Gasteiger partial charge in [-0.25, -0.2) is 14.2 Å². The number of ether oxygens (including phenoxy) is 1. The lowest BCUT2D eigenvalue weighted by molar-refractivity contribution is -0.127. The van der Waals surface area contributed by atoms with Gasteiger partial charge in [-0.05, 0) is 6.92 Å². The molecule has 102 valence electrons. The molecule has 2 aliphatic rings. The van der Waals surface area contributed by atoms with Crippen LogP contribution in [0.5, 0.6) is 0 Å². The van der Waals surface area contributed by atoms with Crippen LogP contribution < -0.4 is 11.1 Å². The smallest absolute Gasteiger partial charge is 0.327 e. The number of aliphatic imine (C=N–C) groups is 1. The van der Waals surface area contributed by atoms with Crippen molar-refractivity contribution in [3.63, 3.8) is 0 Å². The van der Waals surface area contributed by atoms with E-state index in [2.05, 4.69) is 10.3 Å². The summed E-state index contributed by atoms with van der Waals surface area (Å²) in [4.78, 5) is 16.3. The van der Waals surface area contributed by atoms with E-state index < -0.39 is 36.7 Å². The Bertz CT molecular complexity index is 393. The molecule has 0 unspecified atom stereocenters. The van der Waals surface area contributed by atoms with Crippen molar-refractivity contribution in [2.45, 2.75) is 31.0 Å². The number of nitrogens with zero attached hydrogens (tertiary/aromatic N) is 2. The summed E-state index contributed by atoms with van der Waals surface area (Å²) in [6, 6.07) is -0.662. The van der Waals surface area contributed by atoms with Gasteiger partial charge in [-0.15, -0.1) is 0 Å². The van der Waals surface area contributed by atoms with E-state index in [1.54, 1.807) is 0 Å². The molecule has 4 atom stereocenters. The maximum absolute atomic E-state index is 13.9. The maximum atomic E-state index is 13.9. The highest BCUT2D eigenvalue weighted by Crippen LogP contribution is 2.34. The number of hydrogen-bond acceptors (Lipinski definition) is 6. The third-order valence-electron chi connectivity index (χ3n) is 3.10. The van der Waals surface area contributed by atoms with E-state index in [9.17, 15) is 14.3 Å². The van der Waals surface area contributed by atoms with E-state index in [1.807, 2.05) is 0 Å². The van der Waals surface area contributed by atoms with Crippen LogP contribution in [0.15, 0.2) is 4.99 Å². The van der Waals surface area contributed by atoms with Gasteiger partial charge in [0.1, 0.15) is 18.4 Å². The average molecular weight is 262 g/mol. The van der Waals surface area contributed by atoms with Crippen LogP contribution >= 0.6 is 0 Å². The number of guanidine groups is 1. The Kier molecular flexibility index (Phi) is 3.13. The molecular formula is C9H15FN4O4. The first-order valence-corrected chi connectivity index (χ1v) is 5.37. The van der Waals surface area contributed by atoms with Gasteiger partial charge in [0.25, 0.3) is 0 Å². The molecule has 0 aromatic rings. The van der Waals surface area contributed by atoms with E-state index in [-0.39, 0.29) is 12.6 Å². The molecule has 0 bridgehead atoms. The molecule has 1 saturated heterocycles. The fourth-order valence-corrected chi connectivity index (χ4v) is 1.90. The second kappa shape index (κ2) is 4.34. The molecule has 8 nitrogen and oxygen atoms in total. The van der Waals surface area contributed by atoms with Gasteiger partial charge in [-0.3, -0.25) is 10.2 Å². The number of nitrogens with two attached hydrogens (primary N) is 1. The minimum absolute atomic E-state index is 0.0601. The second-order valence-corrected chi connectivity index (χ2v) is 4.45. The summed E-state index contributed by atoms with van der Waals surface area (Å²) in [6.07, 6.45) is -4.67. The molecule has 5 N–H and O–H groups in total. The molecule has 2 heterocycles. The number of alkyl halides is 1. The molecule has 0 aromatic heterocycles. The van der Waals surface area contributed by atoms with Crippen molar-refractivity contribution >= 4 is 12.0 Å². The summed E-state index contributed by atoms with van der Waals surface area (Å²) in [7, 11) is 0. The number of nitrogens with one attached hydrogen (secondary N) is 1. The summed E-state index contributed by atoms with van der Waals surface area (Å²) in [5, 5.41) is 21.0. The number of rotatable bonds is 2. The van der Waals surface area contributed by atoms with E-state index >= 15 is 0 Å². The first-order chi connectivity index (χ1) is 8.39. The zero-order chi connectivity index (χ0) is 13.5. The van der Waals surface area contributed by atoms with E-state index in [0.29, 0.717) is 0 Å². The van der Waals surface area contributed by atoms with Crippen molar-refractivity contribution in [2.24, 2.45) is 10.7 Å². The van der Waals surface area contributed by atoms with E-state index in [4.69, 9.17) is 15.6 Å². The highest BCUT2D eigenvalue weighted by Gasteiger charge is 2.55. The SMILES string of the molecule is C[C@]1(CO)O[C@@H](N2CN=C(N)NC2=O)[C@@H](F)[C@@H]1O. The second-order valence-electron chi connectivity index (χ2n) is 4.45. The van der Waals surface area contributed by atoms with Crippen LogP contribution in [0.1, 0.15) is 6.92 Å². The van der Waals surface area contributed by atoms with Crippen molar-refractivity contribution in [3.05, 3.63) is 0 Å². The Morgan fingerprint density at radius 3 is 2.94 bits per heavy atom. The van der Waals surface area contributed by atoms with Gasteiger partial charge >= 0.3 is 6.03 Å². The zero-order valence-corrected chi connectivity index (χ0v) is 9.71. The molecule has 0 aromatic carbocycles. The molecule has 9 heteroatoms. The molecule has 18 heavy (non-hydrogen) atoms. The average Bonchev–Trinajstić information content (AvgIpc) is 2.55. The first kappa shape index (κ1) is 13.0. The van der Waals surface area contributed by atoms with Crippen LogP contribution in [0.2, 0.25) is 0 Å². The minimum atomic E-state index is -1.83. The molecule has 0 spiro atoms. The van der Waals surface area contributed by atoms with Crippen molar-refractivity contribution in [1.29, 1.82) is 0 Å². The summed E-state index contributed by atoms with van der Waals surface area (Å²) in [5.74, 6) is -0.0601. The monoisotopic (exact) mass is 262 g/mol. The number of carbonyl (C=O) groups is 1. The summed E-state index contributed by atoms with van der Waals surface area (Å²) >= 11 is 0. The van der Waals surface area contributed by atoms with Gasteiger partial charge in [0.2, 0.25) is 0 Å². The van der Waals surface area contributed by atoms with Gasteiger partial charge in [0, 0.05) is 0 Å². The van der Waals surface area contributed by atoms with Crippen LogP contribution in [0.25, 0.3) is 0 Å². The minimum Gasteiger partial charge on any atom is -0.393 e. The van der Waals surface area contributed by atoms with Crippen LogP contribution in [-0.2, 0) is 4.74 Å². The Morgan fingerprint density at radius 1 is 1.78 bits per heavy atom. The fraction of sp³-hybridized carbons (Fsp3) is 0.778. The molecular weight excluding hydrogens is 247 g/mol. The predicted octanol–water partition coefficient (Wildman–Crippen LogP) is -1.91. The zero-order valence-electron chi connectivity index (χ0n) is 9.71. The first-order valence-electron chi connectivity index (χ1n) is 5.37. The molecule has 2 amide bonds. The molecule has 2 aliphatic heterocycles. The number of urea groups is 1. The third kappa shape index (κ3) is 1.89. The van der Waals surface area contributed by atoms with Crippen LogP contribution in [0, 0.1) is 0 Å². The summed E-state index contributed by atoms with van der Waals surface area (Å²) in [6.45, 7) is 0.632. The quantitative estimate of drug-likeness (QED) is 0.463. The largest absolute Gasteiger partial charge is 0.393 e. The van der Waals surface area contributed by atoms with Crippen molar-refractivity contribution in [1.82, 2.24) is 10.2 Å². The summed E-state index contributed by atoms with van der Waals surface area (Å²) in [5.41, 5.74) is 3.85. The fourth-order valence-electron chi connectivity index (χ4n) is 1.90. The number of hydrogen-bond donors (Lipinski definition) is 4. The van der Waals surface area contributed by atoms with E-state index in [1.165, 1.54) is 6.92 Å². The highest BCUT2D eigenvalue weighted by atomic mass is 19.1. The Hall–Kier alpha value is -1.45. The number of aliphatic hydroxyl groups is 2. The van der Waals surface area contributed by atoms with E-state index in [0.717, 1.165) is 4.90 Å². The topological polar surface area (TPSA) is 120 Å². The number of amides is 2. The molecule has 0 aliphatic carbocycles. The molecule has 0 saturated carbocycles. The predicted molar refractivity (Wildman–Crippen MR) is 58.1 cm³/mol. The Balaban J connectivity index is 2.18. The van der Waals surface area contributed by atoms with Crippen LogP contribution in [0.3, 0.4) is 0 Å². The van der Waals surface area contributed by atoms with Gasteiger partial charge in [0.05, 0.1) is 6.61 Å². The Labute approximate surface area is 102 Å². The van der Waals surface area contributed by atoms with Crippen molar-refractivity contribution in [3.8, 4) is 0 Å². The van der Waals surface area contributed by atoms with Crippen LogP contribution in [0.4, 0.5) is 9.18 Å². The van der Waals surface area contributed by atoms with Crippen molar-refractivity contribution < 1.29 is 24.1 Å². The lowest BCUT2D eigenvalue weighted by Gasteiger charge is -2.31. The number of carbonyl (C=O) groups excluding carboxylic acids is 1. The summed E-state index contributed by atoms with van der Waals surface area (Å²) < 4.78 is 19.2. The number of halogens is 1. The van der Waals surface area contributed by atoms with Gasteiger partial charge in [-0.1, -0.05) is 0 Å². The molecule has 0 radical (unpaired) electrons. The number of aliphatic hydroxyl groups excluding tert-OH is 2. The lowest BCUT2D eigenvalue weighted by Crippen LogP contribution is -2.56. The molecule has 1 fully saturated rings. The third-order valence-corrected chi connectivity index (χ3v) is 3.10. The van der Waals surface area contributed by atoms with Crippen LogP contribution in [-0.4, -0.2) is 64.5 Å². The lowest BCUT2D eigenvalue weighted by atomic mass is 9.99. The van der Waals surface area contributed by atoms with Gasteiger partial charge in [-0.2, -0.15) is 0 Å². The molecule has 2 rings (SSSR count). The standard InChI is InChI=1S/C9H15FN4O4/c1-9(2-15)5(16)4(10)6(18-9)14-3-12-7(11)13-8(14)17/h4-6,15-16H,2-3H2,1H3,(H3,11,12,13,17)/t4-,5-,6+,9+/m0/s1. The highest BCUT2D eigenvalue weighted by molar-refractivity contribution is 5.96.